The van der Waals surface area contributed by atoms with Crippen LogP contribution < -0.4 is 25.6 Å². The normalized spacial score (nSPS) is 19.6. The van der Waals surface area contributed by atoms with E-state index in [1.807, 2.05) is 18.2 Å². The average molecular weight is 515 g/mol. The molecule has 1 unspecified atom stereocenters. The fraction of sp³-hybridized carbons (Fsp3) is 0.619. The van der Waals surface area contributed by atoms with Crippen LogP contribution in [0, 0.1) is 0 Å². The van der Waals surface area contributed by atoms with Crippen LogP contribution in [0.25, 0.3) is 0 Å². The fourth-order valence-electron chi connectivity index (χ4n) is 4.04. The summed E-state index contributed by atoms with van der Waals surface area (Å²) in [5.74, 6) is 1.78. The first-order valence-electron chi connectivity index (χ1n) is 10.3. The second kappa shape index (κ2) is 12.1. The number of carbonyl (C=O) groups is 1. The third-order valence-electron chi connectivity index (χ3n) is 5.54. The van der Waals surface area contributed by atoms with E-state index < -0.39 is 0 Å². The summed E-state index contributed by atoms with van der Waals surface area (Å²) in [6, 6.07) is 8.80. The van der Waals surface area contributed by atoms with Gasteiger partial charge in [0.15, 0.2) is 5.96 Å². The van der Waals surface area contributed by atoms with Gasteiger partial charge in [0.1, 0.15) is 5.75 Å². The number of aliphatic imine (C=N–C) groups is 1. The first-order valence-corrected chi connectivity index (χ1v) is 10.3. The molecule has 2 aliphatic rings. The number of ether oxygens (including phenoxy) is 1. The van der Waals surface area contributed by atoms with E-state index in [0.717, 1.165) is 49.7 Å². The van der Waals surface area contributed by atoms with Crippen molar-refractivity contribution in [2.45, 2.75) is 50.6 Å². The molecule has 1 aromatic carbocycles. The molecule has 1 saturated heterocycles. The molecule has 1 saturated carbocycles. The fourth-order valence-corrected chi connectivity index (χ4v) is 4.04. The van der Waals surface area contributed by atoms with Crippen LogP contribution in [0.2, 0.25) is 0 Å². The molecule has 0 radical (unpaired) electrons. The molecule has 29 heavy (non-hydrogen) atoms. The van der Waals surface area contributed by atoms with E-state index in [4.69, 9.17) is 4.74 Å². The van der Waals surface area contributed by atoms with Crippen LogP contribution in [0.4, 0.5) is 5.69 Å². The standard InChI is InChI=1S/C21H33N5O2.HI/c1-22-21(23-13-11-20(27)24-16-7-3-4-8-16)25-17-12-14-26(15-17)18-9-5-6-10-19(18)28-2;/h5-6,9-10,16-17H,3-4,7-8,11-15H2,1-2H3,(H,24,27)(H2,22,23,25);1H. The molecule has 0 spiro atoms. The quantitative estimate of drug-likeness (QED) is 0.296. The lowest BCUT2D eigenvalue weighted by molar-refractivity contribution is -0.121. The van der Waals surface area contributed by atoms with E-state index in [9.17, 15) is 4.79 Å². The van der Waals surface area contributed by atoms with E-state index >= 15 is 0 Å². The minimum Gasteiger partial charge on any atom is -0.495 e. The van der Waals surface area contributed by atoms with Gasteiger partial charge in [-0.15, -0.1) is 24.0 Å². The Hall–Kier alpha value is -1.71. The molecule has 162 valence electrons. The number of anilines is 1. The molecule has 1 aliphatic carbocycles. The van der Waals surface area contributed by atoms with Crippen LogP contribution >= 0.6 is 24.0 Å². The number of nitrogens with zero attached hydrogens (tertiary/aromatic N) is 2. The number of para-hydroxylation sites is 2. The number of guanidine groups is 1. The first kappa shape index (κ1) is 23.6. The Morgan fingerprint density at radius 3 is 2.66 bits per heavy atom. The SMILES string of the molecule is CN=C(NCCC(=O)NC1CCCC1)NC1CCN(c2ccccc2OC)C1.I. The Bertz CT molecular complexity index is 679. The van der Waals surface area contributed by atoms with Crippen molar-refractivity contribution in [2.75, 3.05) is 38.7 Å². The number of carbonyl (C=O) groups excluding carboxylic acids is 1. The van der Waals surface area contributed by atoms with Crippen molar-refractivity contribution in [3.05, 3.63) is 24.3 Å². The summed E-state index contributed by atoms with van der Waals surface area (Å²) >= 11 is 0. The first-order chi connectivity index (χ1) is 13.7. The lowest BCUT2D eigenvalue weighted by atomic mass is 10.2. The van der Waals surface area contributed by atoms with Crippen LogP contribution in [0.3, 0.4) is 0 Å². The maximum absolute atomic E-state index is 12.0. The van der Waals surface area contributed by atoms with Gasteiger partial charge < -0.3 is 25.6 Å². The van der Waals surface area contributed by atoms with Gasteiger partial charge >= 0.3 is 0 Å². The van der Waals surface area contributed by atoms with E-state index in [0.29, 0.717) is 25.0 Å². The van der Waals surface area contributed by atoms with Crippen LogP contribution in [-0.2, 0) is 4.79 Å². The van der Waals surface area contributed by atoms with Gasteiger partial charge in [-0.1, -0.05) is 25.0 Å². The highest BCUT2D eigenvalue weighted by atomic mass is 127. The van der Waals surface area contributed by atoms with Crippen molar-refractivity contribution in [2.24, 2.45) is 4.99 Å². The van der Waals surface area contributed by atoms with E-state index in [1.54, 1.807) is 14.2 Å². The van der Waals surface area contributed by atoms with Crippen molar-refractivity contribution in [3.8, 4) is 5.75 Å². The zero-order valence-corrected chi connectivity index (χ0v) is 19.8. The van der Waals surface area contributed by atoms with Crippen molar-refractivity contribution >= 4 is 41.5 Å². The predicted octanol–water partition coefficient (Wildman–Crippen LogP) is 2.51. The van der Waals surface area contributed by atoms with Crippen LogP contribution in [0.15, 0.2) is 29.3 Å². The zero-order chi connectivity index (χ0) is 19.8. The highest BCUT2D eigenvalue weighted by molar-refractivity contribution is 14.0. The molecule has 0 aromatic heterocycles. The molecule has 1 atom stereocenters. The third kappa shape index (κ3) is 6.94. The van der Waals surface area contributed by atoms with Gasteiger partial charge in [-0.05, 0) is 31.4 Å². The Morgan fingerprint density at radius 2 is 1.93 bits per heavy atom. The van der Waals surface area contributed by atoms with Gasteiger partial charge in [-0.25, -0.2) is 0 Å². The molecular formula is C21H34IN5O2. The summed E-state index contributed by atoms with van der Waals surface area (Å²) in [6.07, 6.45) is 6.19. The Balaban J connectivity index is 0.00000300. The number of methoxy groups -OCH3 is 1. The Kier molecular flexibility index (Phi) is 9.83. The molecule has 3 N–H and O–H groups in total. The van der Waals surface area contributed by atoms with E-state index in [1.165, 1.54) is 12.8 Å². The molecule has 1 aromatic rings. The maximum atomic E-state index is 12.0. The second-order valence-corrected chi connectivity index (χ2v) is 7.55. The molecule has 8 heteroatoms. The summed E-state index contributed by atoms with van der Waals surface area (Å²) < 4.78 is 5.48. The number of hydrogen-bond donors (Lipinski definition) is 3. The molecular weight excluding hydrogens is 481 g/mol. The average Bonchev–Trinajstić information content (AvgIpc) is 3.39. The Labute approximate surface area is 191 Å². The largest absolute Gasteiger partial charge is 0.495 e. The molecule has 2 fully saturated rings. The predicted molar refractivity (Wildman–Crippen MR) is 129 cm³/mol. The minimum absolute atomic E-state index is 0. The molecule has 7 nitrogen and oxygen atoms in total. The number of benzene rings is 1. The maximum Gasteiger partial charge on any atom is 0.221 e. The van der Waals surface area contributed by atoms with Crippen molar-refractivity contribution in [3.63, 3.8) is 0 Å². The van der Waals surface area contributed by atoms with Gasteiger partial charge in [0.05, 0.1) is 12.8 Å². The number of halogens is 1. The minimum atomic E-state index is 0. The lowest BCUT2D eigenvalue weighted by Gasteiger charge is -2.22. The summed E-state index contributed by atoms with van der Waals surface area (Å²) in [5, 5.41) is 9.86. The zero-order valence-electron chi connectivity index (χ0n) is 17.4. The second-order valence-electron chi connectivity index (χ2n) is 7.55. The molecule has 0 bridgehead atoms. The lowest BCUT2D eigenvalue weighted by Crippen LogP contribution is -2.45. The smallest absolute Gasteiger partial charge is 0.221 e. The van der Waals surface area contributed by atoms with E-state index in [2.05, 4.69) is 31.9 Å². The topological polar surface area (TPSA) is 78.0 Å². The van der Waals surface area contributed by atoms with Crippen molar-refractivity contribution < 1.29 is 9.53 Å². The third-order valence-corrected chi connectivity index (χ3v) is 5.54. The van der Waals surface area contributed by atoms with Crippen molar-refractivity contribution in [1.82, 2.24) is 16.0 Å². The van der Waals surface area contributed by atoms with Gasteiger partial charge in [0.2, 0.25) is 5.91 Å². The number of hydrogen-bond acceptors (Lipinski definition) is 4. The molecule has 1 heterocycles. The van der Waals surface area contributed by atoms with Crippen LogP contribution in [0.5, 0.6) is 5.75 Å². The number of nitrogens with one attached hydrogen (secondary N) is 3. The number of amides is 1. The van der Waals surface area contributed by atoms with Gasteiger partial charge in [0.25, 0.3) is 0 Å². The van der Waals surface area contributed by atoms with Gasteiger partial charge in [0, 0.05) is 45.2 Å². The van der Waals surface area contributed by atoms with Crippen LogP contribution in [0.1, 0.15) is 38.5 Å². The van der Waals surface area contributed by atoms with Crippen molar-refractivity contribution in [1.29, 1.82) is 0 Å². The number of rotatable bonds is 7. The monoisotopic (exact) mass is 515 g/mol. The van der Waals surface area contributed by atoms with Gasteiger partial charge in [-0.2, -0.15) is 0 Å². The van der Waals surface area contributed by atoms with E-state index in [-0.39, 0.29) is 29.9 Å². The highest BCUT2D eigenvalue weighted by Crippen LogP contribution is 2.30. The van der Waals surface area contributed by atoms with Crippen LogP contribution in [-0.4, -0.2) is 57.7 Å². The summed E-state index contributed by atoms with van der Waals surface area (Å²) in [5.41, 5.74) is 1.13. The molecule has 3 rings (SSSR count). The Morgan fingerprint density at radius 1 is 1.17 bits per heavy atom. The molecule has 1 amide bonds. The van der Waals surface area contributed by atoms with Gasteiger partial charge in [-0.3, -0.25) is 9.79 Å². The summed E-state index contributed by atoms with van der Waals surface area (Å²) in [7, 11) is 3.47. The highest BCUT2D eigenvalue weighted by Gasteiger charge is 2.25. The molecule has 1 aliphatic heterocycles. The summed E-state index contributed by atoms with van der Waals surface area (Å²) in [4.78, 5) is 18.7. The summed E-state index contributed by atoms with van der Waals surface area (Å²) in [6.45, 7) is 2.45.